The highest BCUT2D eigenvalue weighted by Gasteiger charge is 2.09. The van der Waals surface area contributed by atoms with Gasteiger partial charge in [-0.3, -0.25) is 0 Å². The highest BCUT2D eigenvalue weighted by atomic mass is 79.9. The highest BCUT2D eigenvalue weighted by molar-refractivity contribution is 9.10. The van der Waals surface area contributed by atoms with E-state index >= 15 is 0 Å². The Labute approximate surface area is 111 Å². The Balaban J connectivity index is 2.22. The molecule has 0 aliphatic carbocycles. The average Bonchev–Trinajstić information content (AvgIpc) is 2.73. The van der Waals surface area contributed by atoms with Gasteiger partial charge >= 0.3 is 0 Å². The van der Waals surface area contributed by atoms with Gasteiger partial charge in [0.1, 0.15) is 5.82 Å². The van der Waals surface area contributed by atoms with Crippen LogP contribution in [-0.4, -0.2) is 14.6 Å². The first-order valence-corrected chi connectivity index (χ1v) is 6.22. The largest absolute Gasteiger partial charge is 0.218 e. The molecule has 0 atom stereocenters. The number of rotatable bonds is 1. The zero-order chi connectivity index (χ0) is 12.7. The van der Waals surface area contributed by atoms with Crippen LogP contribution in [0.3, 0.4) is 0 Å². The number of aryl methyl sites for hydroxylation is 1. The molecule has 0 amide bonds. The summed E-state index contributed by atoms with van der Waals surface area (Å²) in [6.45, 7) is 1.95. The molecule has 0 unspecified atom stereocenters. The quantitative estimate of drug-likeness (QED) is 0.687. The van der Waals surface area contributed by atoms with Crippen molar-refractivity contribution in [3.8, 4) is 11.4 Å². The van der Waals surface area contributed by atoms with E-state index in [-0.39, 0.29) is 5.82 Å². The summed E-state index contributed by atoms with van der Waals surface area (Å²) in [5.41, 5.74) is 2.40. The minimum atomic E-state index is -0.310. The second kappa shape index (κ2) is 4.17. The lowest BCUT2D eigenvalue weighted by molar-refractivity contribution is 0.627. The number of nitrogens with zero attached hydrogens (tertiary/aromatic N) is 3. The SMILES string of the molecule is Cc1cccc2nc(-c3cc(F)cc(Br)c3)nn12. The van der Waals surface area contributed by atoms with Gasteiger partial charge in [-0.25, -0.2) is 13.9 Å². The molecule has 3 nitrogen and oxygen atoms in total. The fourth-order valence-corrected chi connectivity index (χ4v) is 2.31. The van der Waals surface area contributed by atoms with Gasteiger partial charge in [0.05, 0.1) is 0 Å². The number of halogens is 2. The molecular formula is C13H9BrFN3. The van der Waals surface area contributed by atoms with E-state index in [0.29, 0.717) is 15.9 Å². The summed E-state index contributed by atoms with van der Waals surface area (Å²) in [6.07, 6.45) is 0. The van der Waals surface area contributed by atoms with E-state index in [1.807, 2.05) is 25.1 Å². The second-order valence-corrected chi connectivity index (χ2v) is 4.95. The first kappa shape index (κ1) is 11.3. The van der Waals surface area contributed by atoms with E-state index in [9.17, 15) is 4.39 Å². The van der Waals surface area contributed by atoms with E-state index in [2.05, 4.69) is 26.0 Å². The maximum atomic E-state index is 13.4. The summed E-state index contributed by atoms with van der Waals surface area (Å²) in [6, 6.07) is 10.4. The van der Waals surface area contributed by atoms with Gasteiger partial charge in [0.25, 0.3) is 0 Å². The molecule has 2 aromatic heterocycles. The first-order valence-electron chi connectivity index (χ1n) is 5.42. The van der Waals surface area contributed by atoms with Crippen LogP contribution in [-0.2, 0) is 0 Å². The van der Waals surface area contributed by atoms with Gasteiger partial charge in [-0.1, -0.05) is 22.0 Å². The van der Waals surface area contributed by atoms with Crippen molar-refractivity contribution in [3.63, 3.8) is 0 Å². The van der Waals surface area contributed by atoms with Crippen molar-refractivity contribution in [2.75, 3.05) is 0 Å². The minimum absolute atomic E-state index is 0.310. The Hall–Kier alpha value is -1.75. The molecule has 18 heavy (non-hydrogen) atoms. The van der Waals surface area contributed by atoms with Gasteiger partial charge in [-0.05, 0) is 37.3 Å². The number of aromatic nitrogens is 3. The molecule has 0 spiro atoms. The average molecular weight is 306 g/mol. The summed E-state index contributed by atoms with van der Waals surface area (Å²) in [5, 5.41) is 4.38. The van der Waals surface area contributed by atoms with E-state index in [1.54, 1.807) is 10.6 Å². The predicted molar refractivity (Wildman–Crippen MR) is 70.8 cm³/mol. The molecule has 0 fully saturated rings. The van der Waals surface area contributed by atoms with Crippen LogP contribution in [0, 0.1) is 12.7 Å². The Morgan fingerprint density at radius 3 is 2.78 bits per heavy atom. The zero-order valence-electron chi connectivity index (χ0n) is 9.56. The van der Waals surface area contributed by atoms with Crippen LogP contribution in [0.4, 0.5) is 4.39 Å². The molecule has 2 heterocycles. The first-order chi connectivity index (χ1) is 8.63. The number of hydrogen-bond donors (Lipinski definition) is 0. The van der Waals surface area contributed by atoms with Gasteiger partial charge in [0, 0.05) is 15.7 Å². The molecule has 0 bridgehead atoms. The molecule has 1 aromatic carbocycles. The van der Waals surface area contributed by atoms with Gasteiger partial charge in [-0.2, -0.15) is 0 Å². The molecule has 0 saturated carbocycles. The standard InChI is InChI=1S/C13H9BrFN3/c1-8-3-2-4-12-16-13(17-18(8)12)9-5-10(14)7-11(15)6-9/h2-7H,1H3. The normalized spacial score (nSPS) is 11.1. The number of hydrogen-bond acceptors (Lipinski definition) is 2. The molecule has 0 aliphatic rings. The fourth-order valence-electron chi connectivity index (χ4n) is 1.84. The molecule has 0 N–H and O–H groups in total. The van der Waals surface area contributed by atoms with Crippen LogP contribution in [0.2, 0.25) is 0 Å². The fraction of sp³-hybridized carbons (Fsp3) is 0.0769. The zero-order valence-corrected chi connectivity index (χ0v) is 11.1. The lowest BCUT2D eigenvalue weighted by Gasteiger charge is -1.97. The van der Waals surface area contributed by atoms with Crippen molar-refractivity contribution in [2.24, 2.45) is 0 Å². The molecule has 90 valence electrons. The lowest BCUT2D eigenvalue weighted by Crippen LogP contribution is -1.92. The Morgan fingerprint density at radius 2 is 2.06 bits per heavy atom. The summed E-state index contributed by atoms with van der Waals surface area (Å²) >= 11 is 3.27. The van der Waals surface area contributed by atoms with Gasteiger partial charge in [0.15, 0.2) is 11.5 Å². The third kappa shape index (κ3) is 1.90. The lowest BCUT2D eigenvalue weighted by atomic mass is 10.2. The van der Waals surface area contributed by atoms with Crippen molar-refractivity contribution in [1.82, 2.24) is 14.6 Å². The molecule has 3 rings (SSSR count). The molecule has 0 aliphatic heterocycles. The van der Waals surface area contributed by atoms with Crippen LogP contribution in [0.1, 0.15) is 5.69 Å². The van der Waals surface area contributed by atoms with E-state index in [4.69, 9.17) is 0 Å². The Morgan fingerprint density at radius 1 is 1.22 bits per heavy atom. The smallest absolute Gasteiger partial charge is 0.182 e. The van der Waals surface area contributed by atoms with Gasteiger partial charge < -0.3 is 0 Å². The van der Waals surface area contributed by atoms with E-state index in [0.717, 1.165) is 11.3 Å². The predicted octanol–water partition coefficient (Wildman–Crippen LogP) is 3.61. The van der Waals surface area contributed by atoms with Crippen LogP contribution in [0.25, 0.3) is 17.0 Å². The van der Waals surface area contributed by atoms with Crippen molar-refractivity contribution >= 4 is 21.6 Å². The van der Waals surface area contributed by atoms with Crippen LogP contribution < -0.4 is 0 Å². The number of fused-ring (bicyclic) bond motifs is 1. The van der Waals surface area contributed by atoms with Crippen LogP contribution >= 0.6 is 15.9 Å². The maximum absolute atomic E-state index is 13.4. The highest BCUT2D eigenvalue weighted by Crippen LogP contribution is 2.22. The third-order valence-electron chi connectivity index (χ3n) is 2.67. The van der Waals surface area contributed by atoms with E-state index in [1.165, 1.54) is 12.1 Å². The topological polar surface area (TPSA) is 30.2 Å². The maximum Gasteiger partial charge on any atom is 0.182 e. The van der Waals surface area contributed by atoms with Gasteiger partial charge in [-0.15, -0.1) is 5.10 Å². The summed E-state index contributed by atoms with van der Waals surface area (Å²) in [5.74, 6) is 0.208. The number of benzene rings is 1. The molecular weight excluding hydrogens is 297 g/mol. The van der Waals surface area contributed by atoms with Gasteiger partial charge in [0.2, 0.25) is 0 Å². The Kier molecular flexibility index (Phi) is 2.63. The minimum Gasteiger partial charge on any atom is -0.218 e. The summed E-state index contributed by atoms with van der Waals surface area (Å²) in [4.78, 5) is 4.39. The van der Waals surface area contributed by atoms with Crippen LogP contribution in [0.15, 0.2) is 40.9 Å². The monoisotopic (exact) mass is 305 g/mol. The molecule has 0 saturated heterocycles. The van der Waals surface area contributed by atoms with Crippen molar-refractivity contribution in [2.45, 2.75) is 6.92 Å². The molecule has 3 aromatic rings. The van der Waals surface area contributed by atoms with Crippen molar-refractivity contribution in [3.05, 3.63) is 52.4 Å². The third-order valence-corrected chi connectivity index (χ3v) is 3.13. The van der Waals surface area contributed by atoms with Crippen molar-refractivity contribution < 1.29 is 4.39 Å². The molecule has 5 heteroatoms. The summed E-state index contributed by atoms with van der Waals surface area (Å²) < 4.78 is 15.8. The molecule has 0 radical (unpaired) electrons. The van der Waals surface area contributed by atoms with E-state index < -0.39 is 0 Å². The number of pyridine rings is 1. The Bertz CT molecular complexity index is 716. The van der Waals surface area contributed by atoms with Crippen molar-refractivity contribution in [1.29, 1.82) is 0 Å². The van der Waals surface area contributed by atoms with Crippen LogP contribution in [0.5, 0.6) is 0 Å². The second-order valence-electron chi connectivity index (χ2n) is 4.03. The summed E-state index contributed by atoms with van der Waals surface area (Å²) in [7, 11) is 0.